The van der Waals surface area contributed by atoms with Crippen LogP contribution in [0.15, 0.2) is 6.07 Å². The van der Waals surface area contributed by atoms with Crippen molar-refractivity contribution in [3.05, 3.63) is 16.3 Å². The van der Waals surface area contributed by atoms with E-state index in [0.717, 1.165) is 12.8 Å². The Morgan fingerprint density at radius 1 is 1.67 bits per heavy atom. The number of rotatable bonds is 3. The Morgan fingerprint density at radius 3 is 2.93 bits per heavy atom. The lowest BCUT2D eigenvalue weighted by atomic mass is 9.93. The number of anilines is 1. The molecule has 80 valence electrons. The minimum absolute atomic E-state index is 0.0850. The molecule has 5 nitrogen and oxygen atoms in total. The summed E-state index contributed by atoms with van der Waals surface area (Å²) in [5.74, 6) is -0.485. The van der Waals surface area contributed by atoms with Crippen molar-refractivity contribution in [2.75, 3.05) is 5.32 Å². The van der Waals surface area contributed by atoms with Crippen LogP contribution in [-0.4, -0.2) is 27.3 Å². The first-order valence-electron chi connectivity index (χ1n) is 4.76. The van der Waals surface area contributed by atoms with Crippen molar-refractivity contribution in [3.8, 4) is 0 Å². The number of carbonyl (C=O) groups is 1. The van der Waals surface area contributed by atoms with E-state index in [9.17, 15) is 4.79 Å². The fourth-order valence-corrected chi connectivity index (χ4v) is 1.59. The first-order chi connectivity index (χ1) is 7.16. The monoisotopic (exact) mass is 225 g/mol. The minimum atomic E-state index is -1.03. The van der Waals surface area contributed by atoms with Crippen LogP contribution in [0.3, 0.4) is 0 Å². The van der Waals surface area contributed by atoms with E-state index < -0.39 is 5.97 Å². The zero-order valence-electron chi connectivity index (χ0n) is 7.99. The molecule has 0 atom stereocenters. The van der Waals surface area contributed by atoms with Gasteiger partial charge in [-0.3, -0.25) is 5.10 Å². The van der Waals surface area contributed by atoms with Crippen molar-refractivity contribution in [1.82, 2.24) is 10.2 Å². The molecule has 0 amide bonds. The van der Waals surface area contributed by atoms with Crippen molar-refractivity contribution >= 4 is 24.0 Å². The normalized spacial score (nSPS) is 15.7. The highest BCUT2D eigenvalue weighted by atomic mass is 32.1. The van der Waals surface area contributed by atoms with E-state index in [0.29, 0.717) is 11.9 Å². The lowest BCUT2D eigenvalue weighted by molar-refractivity contribution is 0.0695. The van der Waals surface area contributed by atoms with Gasteiger partial charge in [0.1, 0.15) is 10.5 Å². The number of aromatic nitrogens is 2. The van der Waals surface area contributed by atoms with Crippen LogP contribution in [0.5, 0.6) is 0 Å². The zero-order valence-corrected chi connectivity index (χ0v) is 8.80. The van der Waals surface area contributed by atoms with Gasteiger partial charge in [0, 0.05) is 6.04 Å². The quantitative estimate of drug-likeness (QED) is 0.684. The van der Waals surface area contributed by atoms with Crippen molar-refractivity contribution < 1.29 is 9.90 Å². The maximum atomic E-state index is 10.8. The second kappa shape index (κ2) is 3.98. The zero-order chi connectivity index (χ0) is 10.8. The fourth-order valence-electron chi connectivity index (χ4n) is 1.40. The highest BCUT2D eigenvalue weighted by Crippen LogP contribution is 2.22. The van der Waals surface area contributed by atoms with Gasteiger partial charge in [-0.2, -0.15) is 5.10 Å². The van der Waals surface area contributed by atoms with Gasteiger partial charge in [0.25, 0.3) is 0 Å². The molecule has 0 spiro atoms. The van der Waals surface area contributed by atoms with Crippen LogP contribution in [0.25, 0.3) is 0 Å². The molecule has 15 heavy (non-hydrogen) atoms. The van der Waals surface area contributed by atoms with Crippen LogP contribution in [0, 0.1) is 4.64 Å². The summed E-state index contributed by atoms with van der Waals surface area (Å²) in [6, 6.07) is 1.89. The highest BCUT2D eigenvalue weighted by molar-refractivity contribution is 7.71. The summed E-state index contributed by atoms with van der Waals surface area (Å²) in [5.41, 5.74) is 0.0850. The van der Waals surface area contributed by atoms with Crippen molar-refractivity contribution in [1.29, 1.82) is 0 Å². The Bertz CT molecular complexity index is 439. The number of H-pyrrole nitrogens is 1. The van der Waals surface area contributed by atoms with Gasteiger partial charge in [-0.15, -0.1) is 0 Å². The molecule has 0 aromatic carbocycles. The molecule has 1 aliphatic rings. The lowest BCUT2D eigenvalue weighted by Gasteiger charge is -2.26. The van der Waals surface area contributed by atoms with E-state index in [1.54, 1.807) is 0 Å². The van der Waals surface area contributed by atoms with E-state index in [1.165, 1.54) is 12.5 Å². The first-order valence-corrected chi connectivity index (χ1v) is 5.17. The molecular formula is C9H11N3O2S. The van der Waals surface area contributed by atoms with Crippen molar-refractivity contribution in [2.45, 2.75) is 25.3 Å². The molecule has 3 N–H and O–H groups in total. The molecule has 1 heterocycles. The van der Waals surface area contributed by atoms with Gasteiger partial charge in [-0.05, 0) is 25.3 Å². The van der Waals surface area contributed by atoms with Gasteiger partial charge in [0.15, 0.2) is 0 Å². The maximum Gasteiger partial charge on any atom is 0.338 e. The molecule has 1 fully saturated rings. The van der Waals surface area contributed by atoms with Gasteiger partial charge in [-0.25, -0.2) is 4.79 Å². The Kier molecular flexibility index (Phi) is 2.68. The predicted octanol–water partition coefficient (Wildman–Crippen LogP) is 1.80. The summed E-state index contributed by atoms with van der Waals surface area (Å²) in [5, 5.41) is 18.5. The van der Waals surface area contributed by atoms with Gasteiger partial charge in [-0.1, -0.05) is 12.2 Å². The standard InChI is InChI=1S/C9H11N3O2S/c13-9(14)6-4-7(11-12-8(6)15)10-5-2-1-3-5/h4-5H,1-3H2,(H,10,11)(H,12,15)(H,13,14). The van der Waals surface area contributed by atoms with Gasteiger partial charge < -0.3 is 10.4 Å². The number of carboxylic acids is 1. The number of nitrogens with zero attached hydrogens (tertiary/aromatic N) is 1. The molecule has 0 saturated heterocycles. The number of hydrogen-bond donors (Lipinski definition) is 3. The van der Waals surface area contributed by atoms with Crippen LogP contribution in [0.4, 0.5) is 5.82 Å². The Morgan fingerprint density at radius 2 is 2.40 bits per heavy atom. The number of hydrogen-bond acceptors (Lipinski definition) is 4. The van der Waals surface area contributed by atoms with Crippen LogP contribution in [0.2, 0.25) is 0 Å². The molecule has 6 heteroatoms. The Balaban J connectivity index is 2.21. The van der Waals surface area contributed by atoms with E-state index in [-0.39, 0.29) is 10.2 Å². The largest absolute Gasteiger partial charge is 0.478 e. The third kappa shape index (κ3) is 2.15. The van der Waals surface area contributed by atoms with E-state index in [2.05, 4.69) is 15.5 Å². The van der Waals surface area contributed by atoms with Crippen molar-refractivity contribution in [3.63, 3.8) is 0 Å². The van der Waals surface area contributed by atoms with E-state index in [4.69, 9.17) is 17.3 Å². The second-order valence-corrected chi connectivity index (χ2v) is 3.98. The molecule has 0 bridgehead atoms. The third-order valence-corrected chi connectivity index (χ3v) is 2.80. The first kappa shape index (κ1) is 10.1. The summed E-state index contributed by atoms with van der Waals surface area (Å²) in [4.78, 5) is 10.8. The number of carboxylic acid groups (broad SMARTS) is 1. The SMILES string of the molecule is O=C(O)c1cc(NC2CCC2)n[nH]c1=S. The lowest BCUT2D eigenvalue weighted by Crippen LogP contribution is -2.27. The molecule has 0 radical (unpaired) electrons. The topological polar surface area (TPSA) is 78.0 Å². The molecule has 1 aromatic rings. The molecule has 2 rings (SSSR count). The maximum absolute atomic E-state index is 10.8. The minimum Gasteiger partial charge on any atom is -0.478 e. The van der Waals surface area contributed by atoms with Gasteiger partial charge in [0.2, 0.25) is 0 Å². The summed E-state index contributed by atoms with van der Waals surface area (Å²) < 4.78 is 0.154. The van der Waals surface area contributed by atoms with Gasteiger partial charge >= 0.3 is 5.97 Å². The summed E-state index contributed by atoms with van der Waals surface area (Å²) in [6.45, 7) is 0. The average Bonchev–Trinajstić information content (AvgIpc) is 2.13. The van der Waals surface area contributed by atoms with Crippen LogP contribution in [-0.2, 0) is 0 Å². The summed E-state index contributed by atoms with van der Waals surface area (Å²) in [6.07, 6.45) is 3.44. The Hall–Kier alpha value is -1.43. The number of aromatic carboxylic acids is 1. The van der Waals surface area contributed by atoms with Crippen molar-refractivity contribution in [2.24, 2.45) is 0 Å². The van der Waals surface area contributed by atoms with Crippen LogP contribution in [0.1, 0.15) is 29.6 Å². The third-order valence-electron chi connectivity index (χ3n) is 2.49. The van der Waals surface area contributed by atoms with Crippen LogP contribution >= 0.6 is 12.2 Å². The second-order valence-electron chi connectivity index (χ2n) is 3.57. The Labute approximate surface area is 91.5 Å². The fraction of sp³-hybridized carbons (Fsp3) is 0.444. The average molecular weight is 225 g/mol. The molecular weight excluding hydrogens is 214 g/mol. The highest BCUT2D eigenvalue weighted by Gasteiger charge is 2.18. The predicted molar refractivity (Wildman–Crippen MR) is 57.6 cm³/mol. The van der Waals surface area contributed by atoms with E-state index in [1.807, 2.05) is 0 Å². The van der Waals surface area contributed by atoms with Crippen LogP contribution < -0.4 is 5.32 Å². The molecule has 0 unspecified atom stereocenters. The molecule has 1 aliphatic carbocycles. The smallest absolute Gasteiger partial charge is 0.338 e. The number of nitrogens with one attached hydrogen (secondary N) is 2. The number of aromatic amines is 1. The molecule has 0 aliphatic heterocycles. The summed E-state index contributed by atoms with van der Waals surface area (Å²) >= 11 is 4.82. The molecule has 1 saturated carbocycles. The van der Waals surface area contributed by atoms with E-state index >= 15 is 0 Å². The van der Waals surface area contributed by atoms with Gasteiger partial charge in [0.05, 0.1) is 5.56 Å². The summed E-state index contributed by atoms with van der Waals surface area (Å²) in [7, 11) is 0. The molecule has 1 aromatic heterocycles.